The first-order valence-electron chi connectivity index (χ1n) is 7.26. The predicted octanol–water partition coefficient (Wildman–Crippen LogP) is 2.81. The van der Waals surface area contributed by atoms with Crippen molar-refractivity contribution in [1.82, 2.24) is 5.32 Å². The molecule has 0 aliphatic carbocycles. The zero-order valence-electron chi connectivity index (χ0n) is 13.0. The molecule has 1 N–H and O–H groups in total. The van der Waals surface area contributed by atoms with Crippen LogP contribution in [0.15, 0.2) is 30.3 Å². The first-order chi connectivity index (χ1) is 9.29. The number of aryl methyl sites for hydroxylation is 1. The Morgan fingerprint density at radius 3 is 2.30 bits per heavy atom. The molecule has 0 heterocycles. The van der Waals surface area contributed by atoms with E-state index in [9.17, 15) is 8.42 Å². The van der Waals surface area contributed by atoms with E-state index in [1.165, 1.54) is 11.8 Å². The van der Waals surface area contributed by atoms with Gasteiger partial charge < -0.3 is 5.32 Å². The van der Waals surface area contributed by atoms with E-state index < -0.39 is 14.6 Å². The number of nitrogens with one attached hydrogen (secondary N) is 1. The summed E-state index contributed by atoms with van der Waals surface area (Å²) in [6.07, 6.45) is 4.04. The van der Waals surface area contributed by atoms with Gasteiger partial charge in [-0.05, 0) is 45.2 Å². The van der Waals surface area contributed by atoms with Crippen molar-refractivity contribution < 1.29 is 8.42 Å². The van der Waals surface area contributed by atoms with Crippen LogP contribution in [0.3, 0.4) is 0 Å². The Morgan fingerprint density at radius 2 is 1.80 bits per heavy atom. The molecule has 0 radical (unpaired) electrons. The molecule has 1 unspecified atom stereocenters. The molecular weight excluding hydrogens is 270 g/mol. The normalized spacial score (nSPS) is 14.2. The van der Waals surface area contributed by atoms with Crippen molar-refractivity contribution in [3.8, 4) is 0 Å². The molecule has 114 valence electrons. The van der Waals surface area contributed by atoms with Crippen molar-refractivity contribution in [3.63, 3.8) is 0 Å². The average Bonchev–Trinajstić information content (AvgIpc) is 2.38. The van der Waals surface area contributed by atoms with Crippen LogP contribution in [0.5, 0.6) is 0 Å². The molecule has 1 aromatic rings. The van der Waals surface area contributed by atoms with Crippen molar-refractivity contribution >= 4 is 9.84 Å². The van der Waals surface area contributed by atoms with E-state index in [0.717, 1.165) is 25.8 Å². The summed E-state index contributed by atoms with van der Waals surface area (Å²) in [5, 5.41) is 3.41. The van der Waals surface area contributed by atoms with Gasteiger partial charge in [-0.15, -0.1) is 0 Å². The molecule has 0 aliphatic rings. The van der Waals surface area contributed by atoms with Crippen LogP contribution >= 0.6 is 0 Å². The fourth-order valence-corrected chi connectivity index (χ4v) is 2.95. The molecule has 0 bridgehead atoms. The van der Waals surface area contributed by atoms with E-state index in [2.05, 4.69) is 24.4 Å². The molecule has 20 heavy (non-hydrogen) atoms. The van der Waals surface area contributed by atoms with Crippen molar-refractivity contribution in [3.05, 3.63) is 35.9 Å². The van der Waals surface area contributed by atoms with E-state index >= 15 is 0 Å². The fourth-order valence-electron chi connectivity index (χ4n) is 2.23. The minimum absolute atomic E-state index is 0.0299. The third kappa shape index (κ3) is 4.60. The Bertz CT molecular complexity index is 494. The third-order valence-electron chi connectivity index (χ3n) is 4.00. The first kappa shape index (κ1) is 17.2. The summed E-state index contributed by atoms with van der Waals surface area (Å²) in [4.78, 5) is 0. The van der Waals surface area contributed by atoms with Gasteiger partial charge in [0.2, 0.25) is 0 Å². The van der Waals surface area contributed by atoms with E-state index in [-0.39, 0.29) is 6.04 Å². The van der Waals surface area contributed by atoms with Gasteiger partial charge in [-0.1, -0.05) is 37.3 Å². The van der Waals surface area contributed by atoms with Gasteiger partial charge in [0, 0.05) is 12.3 Å². The summed E-state index contributed by atoms with van der Waals surface area (Å²) in [5.41, 5.74) is 1.25. The van der Waals surface area contributed by atoms with Crippen LogP contribution in [0.1, 0.15) is 39.2 Å². The number of sulfone groups is 1. The van der Waals surface area contributed by atoms with Gasteiger partial charge in [0.25, 0.3) is 0 Å². The van der Waals surface area contributed by atoms with Crippen LogP contribution in [0.25, 0.3) is 0 Å². The highest BCUT2D eigenvalue weighted by Gasteiger charge is 2.38. The van der Waals surface area contributed by atoms with Gasteiger partial charge >= 0.3 is 0 Å². The molecule has 4 heteroatoms. The second-order valence-electron chi connectivity index (χ2n) is 5.91. The van der Waals surface area contributed by atoms with Gasteiger partial charge in [0.15, 0.2) is 9.84 Å². The minimum Gasteiger partial charge on any atom is -0.312 e. The maximum atomic E-state index is 12.0. The summed E-state index contributed by atoms with van der Waals surface area (Å²) < 4.78 is 23.3. The SMILES string of the molecule is CCCNC(CCc1ccccc1)C(C)(C)S(C)(=O)=O. The minimum atomic E-state index is -3.10. The lowest BCUT2D eigenvalue weighted by Crippen LogP contribution is -2.51. The monoisotopic (exact) mass is 297 g/mol. The van der Waals surface area contributed by atoms with Crippen LogP contribution in [0.2, 0.25) is 0 Å². The van der Waals surface area contributed by atoms with Gasteiger partial charge in [-0.3, -0.25) is 0 Å². The summed E-state index contributed by atoms with van der Waals surface area (Å²) in [7, 11) is -3.10. The second-order valence-corrected chi connectivity index (χ2v) is 8.50. The molecule has 0 saturated carbocycles. The Hall–Kier alpha value is -0.870. The lowest BCUT2D eigenvalue weighted by molar-refractivity contribution is 0.388. The van der Waals surface area contributed by atoms with E-state index in [1.807, 2.05) is 32.0 Å². The van der Waals surface area contributed by atoms with Gasteiger partial charge in [0.1, 0.15) is 0 Å². The standard InChI is InChI=1S/C16H27NO2S/c1-5-13-17-15(16(2,3)20(4,18)19)12-11-14-9-7-6-8-10-14/h6-10,15,17H,5,11-13H2,1-4H3. The van der Waals surface area contributed by atoms with Crippen LogP contribution in [-0.2, 0) is 16.3 Å². The Balaban J connectivity index is 2.79. The highest BCUT2D eigenvalue weighted by atomic mass is 32.2. The lowest BCUT2D eigenvalue weighted by Gasteiger charge is -2.33. The predicted molar refractivity (Wildman–Crippen MR) is 85.8 cm³/mol. The Labute approximate surface area is 123 Å². The Kier molecular flexibility index (Phi) is 6.21. The van der Waals surface area contributed by atoms with E-state index in [0.29, 0.717) is 0 Å². The van der Waals surface area contributed by atoms with E-state index in [4.69, 9.17) is 0 Å². The van der Waals surface area contributed by atoms with Gasteiger partial charge in [-0.25, -0.2) is 8.42 Å². The molecular formula is C16H27NO2S. The molecule has 1 aromatic carbocycles. The zero-order valence-corrected chi connectivity index (χ0v) is 13.8. The maximum Gasteiger partial charge on any atom is 0.154 e. The lowest BCUT2D eigenvalue weighted by atomic mass is 9.95. The highest BCUT2D eigenvalue weighted by molar-refractivity contribution is 7.92. The summed E-state index contributed by atoms with van der Waals surface area (Å²) in [6.45, 7) is 6.58. The molecule has 0 fully saturated rings. The number of benzene rings is 1. The summed E-state index contributed by atoms with van der Waals surface area (Å²) in [5.74, 6) is 0. The van der Waals surface area contributed by atoms with Crippen LogP contribution in [-0.4, -0.2) is 32.0 Å². The quantitative estimate of drug-likeness (QED) is 0.802. The summed E-state index contributed by atoms with van der Waals surface area (Å²) in [6, 6.07) is 10.2. The van der Waals surface area contributed by atoms with E-state index in [1.54, 1.807) is 0 Å². The zero-order chi connectivity index (χ0) is 15.2. The molecule has 0 aliphatic heterocycles. The van der Waals surface area contributed by atoms with Crippen molar-refractivity contribution in [1.29, 1.82) is 0 Å². The smallest absolute Gasteiger partial charge is 0.154 e. The van der Waals surface area contributed by atoms with Gasteiger partial charge in [-0.2, -0.15) is 0 Å². The van der Waals surface area contributed by atoms with Crippen LogP contribution < -0.4 is 5.32 Å². The molecule has 0 aromatic heterocycles. The fraction of sp³-hybridized carbons (Fsp3) is 0.625. The average molecular weight is 297 g/mol. The van der Waals surface area contributed by atoms with Crippen molar-refractivity contribution in [2.45, 2.75) is 50.8 Å². The van der Waals surface area contributed by atoms with Gasteiger partial charge in [0.05, 0.1) is 4.75 Å². The number of rotatable bonds is 8. The number of hydrogen-bond donors (Lipinski definition) is 1. The largest absolute Gasteiger partial charge is 0.312 e. The van der Waals surface area contributed by atoms with Crippen molar-refractivity contribution in [2.75, 3.05) is 12.8 Å². The second kappa shape index (κ2) is 7.23. The molecule has 0 saturated heterocycles. The molecule has 1 rings (SSSR count). The maximum absolute atomic E-state index is 12.0. The molecule has 0 amide bonds. The topological polar surface area (TPSA) is 46.2 Å². The molecule has 3 nitrogen and oxygen atoms in total. The molecule has 0 spiro atoms. The number of hydrogen-bond acceptors (Lipinski definition) is 3. The first-order valence-corrected chi connectivity index (χ1v) is 9.15. The van der Waals surface area contributed by atoms with Crippen LogP contribution in [0, 0.1) is 0 Å². The van der Waals surface area contributed by atoms with Crippen LogP contribution in [0.4, 0.5) is 0 Å². The molecule has 1 atom stereocenters. The summed E-state index contributed by atoms with van der Waals surface area (Å²) >= 11 is 0. The van der Waals surface area contributed by atoms with Crippen molar-refractivity contribution in [2.24, 2.45) is 0 Å². The third-order valence-corrected chi connectivity index (χ3v) is 6.20. The highest BCUT2D eigenvalue weighted by Crippen LogP contribution is 2.24. The Morgan fingerprint density at radius 1 is 1.20 bits per heavy atom.